The number of hydrogen-bond donors (Lipinski definition) is 1. The highest BCUT2D eigenvalue weighted by molar-refractivity contribution is 7.89. The van der Waals surface area contributed by atoms with Gasteiger partial charge in [-0.05, 0) is 62.2 Å². The van der Waals surface area contributed by atoms with E-state index < -0.39 is 10.0 Å². The Labute approximate surface area is 203 Å². The number of benzene rings is 2. The summed E-state index contributed by atoms with van der Waals surface area (Å²) in [5.41, 5.74) is 2.43. The van der Waals surface area contributed by atoms with Crippen molar-refractivity contribution >= 4 is 27.3 Å². The first-order chi connectivity index (χ1) is 16.9. The number of aromatic nitrogens is 2. The zero-order valence-electron chi connectivity index (χ0n) is 19.4. The first-order valence-corrected chi connectivity index (χ1v) is 13.0. The van der Waals surface area contributed by atoms with Gasteiger partial charge in [0.2, 0.25) is 10.0 Å². The number of nitrogens with zero attached hydrogens (tertiary/aromatic N) is 4. The summed E-state index contributed by atoms with van der Waals surface area (Å²) < 4.78 is 38.3. The molecule has 2 aromatic carbocycles. The van der Waals surface area contributed by atoms with Crippen LogP contribution in [0.4, 0.5) is 11.4 Å². The molecule has 3 aromatic rings. The number of amides is 1. The van der Waals surface area contributed by atoms with E-state index >= 15 is 0 Å². The number of carbonyl (C=O) groups excluding carboxylic acids is 1. The van der Waals surface area contributed by atoms with Crippen molar-refractivity contribution in [3.8, 4) is 11.5 Å². The maximum Gasteiger partial charge on any atom is 0.257 e. The van der Waals surface area contributed by atoms with Crippen molar-refractivity contribution in [1.29, 1.82) is 0 Å². The van der Waals surface area contributed by atoms with Crippen LogP contribution in [0.5, 0.6) is 0 Å². The summed E-state index contributed by atoms with van der Waals surface area (Å²) >= 11 is 0. The molecule has 0 aliphatic carbocycles. The Balaban J connectivity index is 1.42. The summed E-state index contributed by atoms with van der Waals surface area (Å²) in [5.74, 6) is 0.578. The van der Waals surface area contributed by atoms with Crippen molar-refractivity contribution in [3.63, 3.8) is 0 Å². The summed E-state index contributed by atoms with van der Waals surface area (Å²) in [6.45, 7) is 4.81. The third kappa shape index (κ3) is 4.93. The highest BCUT2D eigenvalue weighted by atomic mass is 32.2. The SMILES string of the molecule is Cc1noc(-c2ccc(C(=O)Nc3cc(S(=O)(=O)N4CCOCC4)ccc3N3CCCC3)cc2)n1. The van der Waals surface area contributed by atoms with Gasteiger partial charge in [0, 0.05) is 37.3 Å². The van der Waals surface area contributed by atoms with Crippen molar-refractivity contribution in [2.75, 3.05) is 49.6 Å². The highest BCUT2D eigenvalue weighted by Gasteiger charge is 2.28. The van der Waals surface area contributed by atoms with Crippen molar-refractivity contribution in [1.82, 2.24) is 14.4 Å². The molecular formula is C24H27N5O5S. The van der Waals surface area contributed by atoms with Gasteiger partial charge in [0.05, 0.1) is 29.5 Å². The fraction of sp³-hybridized carbons (Fsp3) is 0.375. The largest absolute Gasteiger partial charge is 0.379 e. The number of anilines is 2. The molecular weight excluding hydrogens is 470 g/mol. The Morgan fingerprint density at radius 1 is 1.00 bits per heavy atom. The van der Waals surface area contributed by atoms with Gasteiger partial charge >= 0.3 is 0 Å². The first kappa shape index (κ1) is 23.5. The van der Waals surface area contributed by atoms with E-state index in [0.29, 0.717) is 54.8 Å². The predicted octanol–water partition coefficient (Wildman–Crippen LogP) is 2.92. The molecule has 11 heteroatoms. The van der Waals surface area contributed by atoms with E-state index in [1.807, 2.05) is 0 Å². The normalized spacial score (nSPS) is 17.0. The van der Waals surface area contributed by atoms with Gasteiger partial charge in [-0.2, -0.15) is 9.29 Å². The second kappa shape index (κ2) is 9.76. The molecule has 1 N–H and O–H groups in total. The van der Waals surface area contributed by atoms with Crippen molar-refractivity contribution < 1.29 is 22.5 Å². The lowest BCUT2D eigenvalue weighted by molar-refractivity contribution is 0.0730. The van der Waals surface area contributed by atoms with E-state index in [2.05, 4.69) is 20.4 Å². The van der Waals surface area contributed by atoms with E-state index in [1.165, 1.54) is 4.31 Å². The fourth-order valence-corrected chi connectivity index (χ4v) is 5.75. The van der Waals surface area contributed by atoms with E-state index in [0.717, 1.165) is 31.6 Å². The van der Waals surface area contributed by atoms with E-state index in [9.17, 15) is 13.2 Å². The number of nitrogens with one attached hydrogen (secondary N) is 1. The second-order valence-electron chi connectivity index (χ2n) is 8.57. The van der Waals surface area contributed by atoms with Gasteiger partial charge in [-0.15, -0.1) is 0 Å². The minimum Gasteiger partial charge on any atom is -0.379 e. The van der Waals surface area contributed by atoms with Crippen LogP contribution in [0.3, 0.4) is 0 Å². The van der Waals surface area contributed by atoms with Crippen LogP contribution < -0.4 is 10.2 Å². The average molecular weight is 498 g/mol. The molecule has 0 unspecified atom stereocenters. The van der Waals surface area contributed by atoms with Gasteiger partial charge in [0.1, 0.15) is 0 Å². The Kier molecular flexibility index (Phi) is 6.54. The van der Waals surface area contributed by atoms with E-state index in [4.69, 9.17) is 9.26 Å². The zero-order chi connectivity index (χ0) is 24.4. The van der Waals surface area contributed by atoms with Crippen LogP contribution in [-0.2, 0) is 14.8 Å². The molecule has 3 heterocycles. The second-order valence-corrected chi connectivity index (χ2v) is 10.5. The summed E-state index contributed by atoms with van der Waals surface area (Å²) in [6, 6.07) is 11.8. The smallest absolute Gasteiger partial charge is 0.257 e. The standard InChI is InChI=1S/C24H27N5O5S/c1-17-25-24(34-27-17)19-6-4-18(5-7-19)23(30)26-21-16-20(8-9-22(21)28-10-2-3-11-28)35(31,32)29-12-14-33-15-13-29/h4-9,16H,2-3,10-15H2,1H3,(H,26,30). The zero-order valence-corrected chi connectivity index (χ0v) is 20.3. The van der Waals surface area contributed by atoms with Gasteiger partial charge in [-0.25, -0.2) is 8.42 Å². The van der Waals surface area contributed by atoms with Crippen molar-refractivity contribution in [2.24, 2.45) is 0 Å². The van der Waals surface area contributed by atoms with Crippen LogP contribution in [0, 0.1) is 6.92 Å². The number of morpholine rings is 1. The molecule has 2 saturated heterocycles. The quantitative estimate of drug-likeness (QED) is 0.552. The Morgan fingerprint density at radius 2 is 1.71 bits per heavy atom. The molecule has 2 aliphatic heterocycles. The summed E-state index contributed by atoms with van der Waals surface area (Å²) in [7, 11) is -3.70. The van der Waals surface area contributed by atoms with Crippen molar-refractivity contribution in [2.45, 2.75) is 24.7 Å². The highest BCUT2D eigenvalue weighted by Crippen LogP contribution is 2.33. The molecule has 5 rings (SSSR count). The number of sulfonamides is 1. The Bertz CT molecular complexity index is 1310. The van der Waals surface area contributed by atoms with Gasteiger partial charge in [0.15, 0.2) is 5.82 Å². The number of hydrogen-bond acceptors (Lipinski definition) is 8. The predicted molar refractivity (Wildman–Crippen MR) is 130 cm³/mol. The molecule has 1 aromatic heterocycles. The van der Waals surface area contributed by atoms with Crippen LogP contribution in [0.25, 0.3) is 11.5 Å². The lowest BCUT2D eigenvalue weighted by Crippen LogP contribution is -2.40. The van der Waals surface area contributed by atoms with Gasteiger partial charge in [-0.1, -0.05) is 5.16 Å². The number of carbonyl (C=O) groups is 1. The summed E-state index contributed by atoms with van der Waals surface area (Å²) in [4.78, 5) is 19.7. The van der Waals surface area contributed by atoms with Gasteiger partial charge < -0.3 is 19.5 Å². The van der Waals surface area contributed by atoms with Crippen LogP contribution in [-0.4, -0.2) is 68.2 Å². The maximum absolute atomic E-state index is 13.2. The number of rotatable bonds is 6. The fourth-order valence-electron chi connectivity index (χ4n) is 4.32. The monoisotopic (exact) mass is 497 g/mol. The number of aryl methyl sites for hydroxylation is 1. The van der Waals surface area contributed by atoms with E-state index in [1.54, 1.807) is 49.4 Å². The van der Waals surface area contributed by atoms with Gasteiger partial charge in [0.25, 0.3) is 11.8 Å². The summed E-state index contributed by atoms with van der Waals surface area (Å²) in [6.07, 6.45) is 2.11. The maximum atomic E-state index is 13.2. The van der Waals surface area contributed by atoms with Gasteiger partial charge in [-0.3, -0.25) is 4.79 Å². The lowest BCUT2D eigenvalue weighted by atomic mass is 10.1. The minimum atomic E-state index is -3.70. The average Bonchev–Trinajstić information content (AvgIpc) is 3.57. The molecule has 0 bridgehead atoms. The molecule has 0 atom stereocenters. The summed E-state index contributed by atoms with van der Waals surface area (Å²) in [5, 5.41) is 6.73. The third-order valence-corrected chi connectivity index (χ3v) is 8.09. The van der Waals surface area contributed by atoms with Crippen LogP contribution in [0.1, 0.15) is 29.0 Å². The van der Waals surface area contributed by atoms with Crippen LogP contribution >= 0.6 is 0 Å². The molecule has 0 spiro atoms. The van der Waals surface area contributed by atoms with Crippen molar-refractivity contribution in [3.05, 3.63) is 53.9 Å². The Hall–Kier alpha value is -3.28. The molecule has 2 fully saturated rings. The third-order valence-electron chi connectivity index (χ3n) is 6.19. The molecule has 10 nitrogen and oxygen atoms in total. The minimum absolute atomic E-state index is 0.153. The molecule has 35 heavy (non-hydrogen) atoms. The molecule has 184 valence electrons. The molecule has 2 aliphatic rings. The topological polar surface area (TPSA) is 118 Å². The van der Waals surface area contributed by atoms with Crippen LogP contribution in [0.15, 0.2) is 51.9 Å². The number of ether oxygens (including phenoxy) is 1. The lowest BCUT2D eigenvalue weighted by Gasteiger charge is -2.27. The first-order valence-electron chi connectivity index (χ1n) is 11.6. The van der Waals surface area contributed by atoms with E-state index in [-0.39, 0.29) is 10.8 Å². The van der Waals surface area contributed by atoms with Crippen LogP contribution in [0.2, 0.25) is 0 Å². The molecule has 1 amide bonds. The molecule has 0 saturated carbocycles. The Morgan fingerprint density at radius 3 is 2.37 bits per heavy atom. The molecule has 0 radical (unpaired) electrons.